The number of carboxylic acid groups (broad SMARTS) is 1. The molecule has 1 aromatic heterocycles. The SMILES string of the molecule is CC1CCC(N(CC2CCCO2)C(=O)c2ccc(C(=O)O)s2)CC1. The molecule has 2 heterocycles. The van der Waals surface area contributed by atoms with Crippen LogP contribution in [-0.2, 0) is 4.74 Å². The fourth-order valence-corrected chi connectivity index (χ4v) is 4.47. The summed E-state index contributed by atoms with van der Waals surface area (Å²) in [6, 6.07) is 3.41. The molecule has 1 atom stereocenters. The molecular weight excluding hydrogens is 326 g/mol. The molecule has 0 bridgehead atoms. The fraction of sp³-hybridized carbons (Fsp3) is 0.667. The summed E-state index contributed by atoms with van der Waals surface area (Å²) in [5, 5.41) is 9.09. The molecule has 0 radical (unpaired) electrons. The molecule has 6 heteroatoms. The van der Waals surface area contributed by atoms with E-state index in [1.807, 2.05) is 4.90 Å². The Morgan fingerprint density at radius 1 is 1.21 bits per heavy atom. The number of hydrogen-bond donors (Lipinski definition) is 1. The standard InChI is InChI=1S/C18H25NO4S/c1-12-4-6-13(7-5-12)19(11-14-3-2-10-23-14)17(20)15-8-9-16(24-15)18(21)22/h8-9,12-14H,2-7,10-11H2,1H3,(H,21,22). The predicted molar refractivity (Wildman–Crippen MR) is 92.7 cm³/mol. The number of thiophene rings is 1. The van der Waals surface area contributed by atoms with Gasteiger partial charge in [0.15, 0.2) is 0 Å². The second kappa shape index (κ2) is 7.66. The molecular formula is C18H25NO4S. The van der Waals surface area contributed by atoms with Gasteiger partial charge in [-0.25, -0.2) is 4.79 Å². The maximum Gasteiger partial charge on any atom is 0.345 e. The molecule has 2 aliphatic rings. The maximum atomic E-state index is 13.0. The molecule has 132 valence electrons. The van der Waals surface area contributed by atoms with E-state index in [0.29, 0.717) is 11.4 Å². The molecule has 0 aromatic carbocycles. The second-order valence-electron chi connectivity index (χ2n) is 6.98. The minimum atomic E-state index is -0.976. The highest BCUT2D eigenvalue weighted by Crippen LogP contribution is 2.30. The zero-order valence-electron chi connectivity index (χ0n) is 14.1. The van der Waals surface area contributed by atoms with Crippen LogP contribution in [0.1, 0.15) is 64.8 Å². The molecule has 24 heavy (non-hydrogen) atoms. The number of aromatic carboxylic acids is 1. The third-order valence-electron chi connectivity index (χ3n) is 5.14. The van der Waals surface area contributed by atoms with E-state index >= 15 is 0 Å². The molecule has 1 aliphatic heterocycles. The fourth-order valence-electron chi connectivity index (χ4n) is 3.67. The highest BCUT2D eigenvalue weighted by atomic mass is 32.1. The monoisotopic (exact) mass is 351 g/mol. The Balaban J connectivity index is 1.76. The lowest BCUT2D eigenvalue weighted by atomic mass is 9.86. The lowest BCUT2D eigenvalue weighted by Crippen LogP contribution is -2.45. The van der Waals surface area contributed by atoms with Gasteiger partial charge in [-0.1, -0.05) is 6.92 Å². The van der Waals surface area contributed by atoms with Crippen molar-refractivity contribution in [1.82, 2.24) is 4.90 Å². The van der Waals surface area contributed by atoms with E-state index in [1.54, 1.807) is 6.07 Å². The number of hydrogen-bond acceptors (Lipinski definition) is 4. The summed E-state index contributed by atoms with van der Waals surface area (Å²) in [5.74, 6) is -0.292. The zero-order chi connectivity index (χ0) is 17.1. The quantitative estimate of drug-likeness (QED) is 0.879. The predicted octanol–water partition coefficient (Wildman–Crippen LogP) is 3.65. The van der Waals surface area contributed by atoms with Crippen LogP contribution < -0.4 is 0 Å². The molecule has 1 N–H and O–H groups in total. The van der Waals surface area contributed by atoms with Crippen LogP contribution >= 0.6 is 11.3 Å². The van der Waals surface area contributed by atoms with Gasteiger partial charge < -0.3 is 14.7 Å². The second-order valence-corrected chi connectivity index (χ2v) is 8.06. The minimum absolute atomic E-state index is 0.0393. The van der Waals surface area contributed by atoms with E-state index < -0.39 is 5.97 Å². The van der Waals surface area contributed by atoms with Crippen LogP contribution in [0.5, 0.6) is 0 Å². The van der Waals surface area contributed by atoms with Crippen molar-refractivity contribution in [3.8, 4) is 0 Å². The Labute approximate surface area is 146 Å². The first-order valence-corrected chi connectivity index (χ1v) is 9.62. The summed E-state index contributed by atoms with van der Waals surface area (Å²) < 4.78 is 5.74. The van der Waals surface area contributed by atoms with Gasteiger partial charge in [0.2, 0.25) is 0 Å². The van der Waals surface area contributed by atoms with Crippen molar-refractivity contribution in [2.75, 3.05) is 13.2 Å². The van der Waals surface area contributed by atoms with Crippen LogP contribution in [0.4, 0.5) is 0 Å². The van der Waals surface area contributed by atoms with Gasteiger partial charge in [-0.05, 0) is 56.6 Å². The Morgan fingerprint density at radius 2 is 1.92 bits per heavy atom. The smallest absolute Gasteiger partial charge is 0.345 e. The van der Waals surface area contributed by atoms with E-state index in [-0.39, 0.29) is 22.9 Å². The Kier molecular flexibility index (Phi) is 5.56. The number of nitrogens with zero attached hydrogens (tertiary/aromatic N) is 1. The zero-order valence-corrected chi connectivity index (χ0v) is 14.9. The molecule has 1 amide bonds. The number of amides is 1. The molecule has 2 fully saturated rings. The van der Waals surface area contributed by atoms with Crippen molar-refractivity contribution < 1.29 is 19.4 Å². The maximum absolute atomic E-state index is 13.0. The van der Waals surface area contributed by atoms with Gasteiger partial charge in [0.25, 0.3) is 5.91 Å². The van der Waals surface area contributed by atoms with Crippen molar-refractivity contribution in [3.05, 3.63) is 21.9 Å². The van der Waals surface area contributed by atoms with Crippen LogP contribution in [0.25, 0.3) is 0 Å². The highest BCUT2D eigenvalue weighted by Gasteiger charge is 2.32. The van der Waals surface area contributed by atoms with Crippen molar-refractivity contribution in [1.29, 1.82) is 0 Å². The highest BCUT2D eigenvalue weighted by molar-refractivity contribution is 7.15. The first kappa shape index (κ1) is 17.4. The number of ether oxygens (including phenoxy) is 1. The number of carbonyl (C=O) groups excluding carboxylic acids is 1. The Hall–Kier alpha value is -1.40. The number of carboxylic acids is 1. The molecule has 1 aromatic rings. The summed E-state index contributed by atoms with van der Waals surface area (Å²) in [7, 11) is 0. The molecule has 1 saturated heterocycles. The summed E-state index contributed by atoms with van der Waals surface area (Å²) in [6.45, 7) is 3.66. The van der Waals surface area contributed by atoms with E-state index in [4.69, 9.17) is 9.84 Å². The third-order valence-corrected chi connectivity index (χ3v) is 6.20. The van der Waals surface area contributed by atoms with Crippen molar-refractivity contribution >= 4 is 23.2 Å². The van der Waals surface area contributed by atoms with Crippen molar-refractivity contribution in [2.24, 2.45) is 5.92 Å². The van der Waals surface area contributed by atoms with Gasteiger partial charge in [-0.15, -0.1) is 11.3 Å². The van der Waals surface area contributed by atoms with Gasteiger partial charge in [0.05, 0.1) is 11.0 Å². The summed E-state index contributed by atoms with van der Waals surface area (Å²) in [4.78, 5) is 26.8. The normalized spacial score (nSPS) is 27.1. The van der Waals surface area contributed by atoms with E-state index in [1.165, 1.54) is 6.07 Å². The largest absolute Gasteiger partial charge is 0.477 e. The van der Waals surface area contributed by atoms with Gasteiger partial charge in [-0.2, -0.15) is 0 Å². The van der Waals surface area contributed by atoms with Crippen molar-refractivity contribution in [2.45, 2.75) is 57.6 Å². The van der Waals surface area contributed by atoms with E-state index in [0.717, 1.165) is 62.4 Å². The molecule has 1 unspecified atom stereocenters. The molecule has 3 rings (SSSR count). The first-order chi connectivity index (χ1) is 11.5. The van der Waals surface area contributed by atoms with Crippen LogP contribution in [0.3, 0.4) is 0 Å². The van der Waals surface area contributed by atoms with E-state index in [2.05, 4.69) is 6.92 Å². The Morgan fingerprint density at radius 3 is 2.50 bits per heavy atom. The Bertz CT molecular complexity index is 586. The number of carbonyl (C=O) groups is 2. The molecule has 5 nitrogen and oxygen atoms in total. The molecule has 1 aliphatic carbocycles. The molecule has 1 saturated carbocycles. The average Bonchev–Trinajstić information content (AvgIpc) is 3.24. The van der Waals surface area contributed by atoms with E-state index in [9.17, 15) is 9.59 Å². The van der Waals surface area contributed by atoms with Crippen molar-refractivity contribution in [3.63, 3.8) is 0 Å². The molecule has 0 spiro atoms. The lowest BCUT2D eigenvalue weighted by Gasteiger charge is -2.37. The van der Waals surface area contributed by atoms with Crippen LogP contribution in [0, 0.1) is 5.92 Å². The van der Waals surface area contributed by atoms with Gasteiger partial charge in [0.1, 0.15) is 4.88 Å². The lowest BCUT2D eigenvalue weighted by molar-refractivity contribution is 0.0345. The van der Waals surface area contributed by atoms with Crippen LogP contribution in [0.2, 0.25) is 0 Å². The average molecular weight is 351 g/mol. The summed E-state index contributed by atoms with van der Waals surface area (Å²) >= 11 is 1.07. The first-order valence-electron chi connectivity index (χ1n) is 8.80. The van der Waals surface area contributed by atoms with Gasteiger partial charge in [0, 0.05) is 19.2 Å². The van der Waals surface area contributed by atoms with Crippen LogP contribution in [-0.4, -0.2) is 47.2 Å². The van der Waals surface area contributed by atoms with Crippen LogP contribution in [0.15, 0.2) is 12.1 Å². The van der Waals surface area contributed by atoms with Gasteiger partial charge >= 0.3 is 5.97 Å². The summed E-state index contributed by atoms with van der Waals surface area (Å²) in [5.41, 5.74) is 0. The third kappa shape index (κ3) is 3.98. The van der Waals surface area contributed by atoms with Gasteiger partial charge in [-0.3, -0.25) is 4.79 Å². The topological polar surface area (TPSA) is 66.8 Å². The number of rotatable bonds is 5. The summed E-state index contributed by atoms with van der Waals surface area (Å²) in [6.07, 6.45) is 6.50. The minimum Gasteiger partial charge on any atom is -0.477 e.